The van der Waals surface area contributed by atoms with Crippen molar-refractivity contribution >= 4 is 15.9 Å². The molecule has 0 bridgehead atoms. The maximum atomic E-state index is 8.60. The fourth-order valence-electron chi connectivity index (χ4n) is 0.883. The summed E-state index contributed by atoms with van der Waals surface area (Å²) in [4.78, 5) is 4.42. The number of nitriles is 1. The summed E-state index contributed by atoms with van der Waals surface area (Å²) in [6.45, 7) is 2.66. The molecule has 1 rings (SSSR count). The predicted octanol–water partition coefficient (Wildman–Crippen LogP) is 2.51. The van der Waals surface area contributed by atoms with Crippen molar-refractivity contribution < 1.29 is 4.74 Å². The zero-order chi connectivity index (χ0) is 10.4. The van der Waals surface area contributed by atoms with E-state index in [9.17, 15) is 0 Å². The van der Waals surface area contributed by atoms with Gasteiger partial charge >= 0.3 is 0 Å². The Morgan fingerprint density at radius 3 is 3.07 bits per heavy atom. The number of nitrogens with zero attached hydrogens (tertiary/aromatic N) is 2. The summed E-state index contributed by atoms with van der Waals surface area (Å²) < 4.78 is 5.37. The highest BCUT2D eigenvalue weighted by Crippen LogP contribution is 2.09. The van der Waals surface area contributed by atoms with Crippen LogP contribution in [0.5, 0.6) is 5.88 Å². The van der Waals surface area contributed by atoms with Gasteiger partial charge in [0.15, 0.2) is 0 Å². The molecule has 1 aromatic rings. The summed E-state index contributed by atoms with van der Waals surface area (Å²) in [7, 11) is 0. The molecule has 1 heterocycles. The molecule has 0 radical (unpaired) electrons. The van der Waals surface area contributed by atoms with Crippen LogP contribution in [0.1, 0.15) is 19.0 Å². The van der Waals surface area contributed by atoms with Gasteiger partial charge in [-0.1, -0.05) is 28.9 Å². The molecule has 0 saturated heterocycles. The number of ether oxygens (including phenoxy) is 1. The summed E-state index contributed by atoms with van der Waals surface area (Å²) in [5.41, 5.74) is 0.384. The van der Waals surface area contributed by atoms with Crippen LogP contribution in [0.4, 0.5) is 0 Å². The highest BCUT2D eigenvalue weighted by atomic mass is 79.9. The average Bonchev–Trinajstić information content (AvgIpc) is 2.18. The van der Waals surface area contributed by atoms with Crippen LogP contribution in [-0.2, 0) is 0 Å². The Bertz CT molecular complexity index is 333. The highest BCUT2D eigenvalue weighted by molar-refractivity contribution is 9.09. The van der Waals surface area contributed by atoms with E-state index in [0.29, 0.717) is 23.0 Å². The van der Waals surface area contributed by atoms with E-state index in [1.165, 1.54) is 0 Å². The maximum absolute atomic E-state index is 8.60. The Kier molecular flexibility index (Phi) is 4.41. The molecule has 0 aliphatic heterocycles. The van der Waals surface area contributed by atoms with Gasteiger partial charge in [0.05, 0.1) is 6.61 Å². The van der Waals surface area contributed by atoms with Crippen molar-refractivity contribution in [1.82, 2.24) is 4.98 Å². The fourth-order valence-corrected chi connectivity index (χ4v) is 1.07. The van der Waals surface area contributed by atoms with Gasteiger partial charge in [0.1, 0.15) is 11.8 Å². The second kappa shape index (κ2) is 5.61. The van der Waals surface area contributed by atoms with Gasteiger partial charge in [0, 0.05) is 10.9 Å². The normalized spacial score (nSPS) is 11.8. The lowest BCUT2D eigenvalue weighted by Crippen LogP contribution is -2.04. The first-order valence-electron chi connectivity index (χ1n) is 4.36. The van der Waals surface area contributed by atoms with Gasteiger partial charge in [-0.25, -0.2) is 4.98 Å². The molecule has 0 aliphatic rings. The number of alkyl halides is 1. The van der Waals surface area contributed by atoms with Gasteiger partial charge < -0.3 is 4.74 Å². The van der Waals surface area contributed by atoms with Crippen molar-refractivity contribution in [3.8, 4) is 11.9 Å². The van der Waals surface area contributed by atoms with Gasteiger partial charge in [0.25, 0.3) is 0 Å². The smallest absolute Gasteiger partial charge is 0.214 e. The van der Waals surface area contributed by atoms with E-state index in [2.05, 4.69) is 27.8 Å². The summed E-state index contributed by atoms with van der Waals surface area (Å²) in [5, 5.41) is 8.60. The van der Waals surface area contributed by atoms with Crippen LogP contribution in [-0.4, -0.2) is 16.4 Å². The molecule has 0 fully saturated rings. The molecule has 1 unspecified atom stereocenters. The van der Waals surface area contributed by atoms with Gasteiger partial charge in [-0.05, 0) is 12.5 Å². The third-order valence-electron chi connectivity index (χ3n) is 1.60. The maximum Gasteiger partial charge on any atom is 0.214 e. The number of halogens is 1. The molecule has 74 valence electrons. The van der Waals surface area contributed by atoms with Gasteiger partial charge in [-0.2, -0.15) is 5.26 Å². The van der Waals surface area contributed by atoms with Crippen LogP contribution in [0.3, 0.4) is 0 Å². The predicted molar refractivity (Wildman–Crippen MR) is 57.5 cm³/mol. The van der Waals surface area contributed by atoms with Crippen LogP contribution in [0.2, 0.25) is 0 Å². The molecule has 0 aromatic carbocycles. The van der Waals surface area contributed by atoms with E-state index in [-0.39, 0.29) is 0 Å². The van der Waals surface area contributed by atoms with E-state index in [1.807, 2.05) is 6.07 Å². The van der Waals surface area contributed by atoms with Crippen molar-refractivity contribution in [2.24, 2.45) is 0 Å². The molecule has 0 N–H and O–H groups in total. The quantitative estimate of drug-likeness (QED) is 0.776. The Hall–Kier alpha value is -1.08. The van der Waals surface area contributed by atoms with Crippen molar-refractivity contribution in [2.45, 2.75) is 18.2 Å². The average molecular weight is 255 g/mol. The van der Waals surface area contributed by atoms with Crippen LogP contribution in [0, 0.1) is 11.3 Å². The molecule has 0 amide bonds. The van der Waals surface area contributed by atoms with E-state index in [1.54, 1.807) is 18.2 Å². The van der Waals surface area contributed by atoms with Crippen molar-refractivity contribution in [3.05, 3.63) is 23.9 Å². The number of hydrogen-bond acceptors (Lipinski definition) is 3. The topological polar surface area (TPSA) is 45.9 Å². The van der Waals surface area contributed by atoms with Crippen LogP contribution in [0.15, 0.2) is 18.2 Å². The fraction of sp³-hybridized carbons (Fsp3) is 0.400. The number of rotatable bonds is 4. The van der Waals surface area contributed by atoms with Crippen LogP contribution >= 0.6 is 15.9 Å². The molecule has 0 saturated carbocycles. The summed E-state index contributed by atoms with van der Waals surface area (Å²) >= 11 is 3.42. The third-order valence-corrected chi connectivity index (χ3v) is 2.06. The Balaban J connectivity index is 2.47. The number of aromatic nitrogens is 1. The SMILES string of the molecule is CC(Br)CCOc1cccc(C#N)n1. The van der Waals surface area contributed by atoms with Crippen LogP contribution in [0.25, 0.3) is 0 Å². The zero-order valence-corrected chi connectivity index (χ0v) is 9.49. The van der Waals surface area contributed by atoms with Crippen LogP contribution < -0.4 is 4.74 Å². The van der Waals surface area contributed by atoms with E-state index in [4.69, 9.17) is 10.00 Å². The molecular formula is C10H11BrN2O. The molecule has 4 heteroatoms. The standard InChI is InChI=1S/C10H11BrN2O/c1-8(11)5-6-14-10-4-2-3-9(7-12)13-10/h2-4,8H,5-6H2,1H3. The molecule has 0 aliphatic carbocycles. The first kappa shape index (κ1) is 11.0. The van der Waals surface area contributed by atoms with Crippen molar-refractivity contribution in [1.29, 1.82) is 5.26 Å². The lowest BCUT2D eigenvalue weighted by Gasteiger charge is -2.05. The van der Waals surface area contributed by atoms with E-state index < -0.39 is 0 Å². The molecule has 3 nitrogen and oxygen atoms in total. The summed E-state index contributed by atoms with van der Waals surface area (Å²) in [6, 6.07) is 7.13. The monoisotopic (exact) mass is 254 g/mol. The Morgan fingerprint density at radius 2 is 2.43 bits per heavy atom. The first-order chi connectivity index (χ1) is 6.72. The highest BCUT2D eigenvalue weighted by Gasteiger charge is 1.99. The van der Waals surface area contributed by atoms with Gasteiger partial charge in [-0.3, -0.25) is 0 Å². The Labute approximate surface area is 91.8 Å². The minimum atomic E-state index is 0.384. The molecular weight excluding hydrogens is 244 g/mol. The number of hydrogen-bond donors (Lipinski definition) is 0. The Morgan fingerprint density at radius 1 is 1.64 bits per heavy atom. The minimum absolute atomic E-state index is 0.384. The second-order valence-electron chi connectivity index (χ2n) is 2.89. The van der Waals surface area contributed by atoms with Gasteiger partial charge in [-0.15, -0.1) is 0 Å². The molecule has 1 aromatic heterocycles. The van der Waals surface area contributed by atoms with Gasteiger partial charge in [0.2, 0.25) is 5.88 Å². The number of pyridine rings is 1. The van der Waals surface area contributed by atoms with Crippen molar-refractivity contribution in [2.75, 3.05) is 6.61 Å². The lowest BCUT2D eigenvalue weighted by molar-refractivity contribution is 0.300. The molecule has 0 spiro atoms. The molecule has 1 atom stereocenters. The van der Waals surface area contributed by atoms with E-state index in [0.717, 1.165) is 6.42 Å². The summed E-state index contributed by atoms with van der Waals surface area (Å²) in [5.74, 6) is 0.511. The zero-order valence-electron chi connectivity index (χ0n) is 7.90. The summed E-state index contributed by atoms with van der Waals surface area (Å²) in [6.07, 6.45) is 0.915. The van der Waals surface area contributed by atoms with Crippen molar-refractivity contribution in [3.63, 3.8) is 0 Å². The third kappa shape index (κ3) is 3.75. The minimum Gasteiger partial charge on any atom is -0.478 e. The van der Waals surface area contributed by atoms with E-state index >= 15 is 0 Å². The second-order valence-corrected chi connectivity index (χ2v) is 4.45. The largest absolute Gasteiger partial charge is 0.478 e. The molecule has 14 heavy (non-hydrogen) atoms. The lowest BCUT2D eigenvalue weighted by atomic mass is 10.3. The first-order valence-corrected chi connectivity index (χ1v) is 5.28.